The quantitative estimate of drug-likeness (QED) is 0.856. The summed E-state index contributed by atoms with van der Waals surface area (Å²) in [4.78, 5) is 15.1. The Kier molecular flexibility index (Phi) is 9.07. The fraction of sp³-hybridized carbons (Fsp3) is 0.688. The summed E-state index contributed by atoms with van der Waals surface area (Å²) >= 11 is 0. The van der Waals surface area contributed by atoms with Gasteiger partial charge in [-0.3, -0.25) is 4.39 Å². The van der Waals surface area contributed by atoms with Crippen molar-refractivity contribution in [3.8, 4) is 0 Å². The number of hydrogen-bond donors (Lipinski definition) is 2. The fourth-order valence-electron chi connectivity index (χ4n) is 2.53. The Morgan fingerprint density at radius 2 is 1.96 bits per heavy atom. The Morgan fingerprint density at radius 3 is 2.44 bits per heavy atom. The maximum Gasteiger partial charge on any atom is 0.224 e. The number of hydrogen-bond acceptors (Lipinski definition) is 7. The third-order valence-corrected chi connectivity index (χ3v) is 3.96. The zero-order chi connectivity index (χ0) is 18.8. The van der Waals surface area contributed by atoms with Crippen molar-refractivity contribution >= 4 is 22.9 Å². The van der Waals surface area contributed by atoms with Gasteiger partial charge in [-0.2, -0.15) is 9.97 Å². The topological polar surface area (TPSA) is 102 Å². The molecule has 1 atom stereocenters. The summed E-state index contributed by atoms with van der Waals surface area (Å²) in [6, 6.07) is 0. The standard InChI is InChI=1S/C10H14N6.C5H12O2.CH3F/c1-15-6-12-7-8(15)13-10(11)14-9(7)16-4-2-3-5-16;1-3-5(4-6)7-2;1-2/h6H,2-5H2,1H3,(H2,11,13,14);5-6H,3-4H2,1-2H3;1H3. The molecule has 1 aliphatic rings. The highest BCUT2D eigenvalue weighted by Gasteiger charge is 2.19. The Morgan fingerprint density at radius 1 is 1.32 bits per heavy atom. The largest absolute Gasteiger partial charge is 0.394 e. The molecule has 2 aromatic rings. The van der Waals surface area contributed by atoms with Crippen LogP contribution in [0.5, 0.6) is 0 Å². The molecule has 3 rings (SSSR count). The molecule has 2 aromatic heterocycles. The van der Waals surface area contributed by atoms with Crippen molar-refractivity contribution in [3.05, 3.63) is 6.33 Å². The van der Waals surface area contributed by atoms with Gasteiger partial charge in [-0.25, -0.2) is 4.98 Å². The van der Waals surface area contributed by atoms with Gasteiger partial charge in [0, 0.05) is 27.2 Å². The first kappa shape index (κ1) is 21.0. The van der Waals surface area contributed by atoms with Crippen LogP contribution in [0.4, 0.5) is 16.2 Å². The number of nitrogens with zero attached hydrogens (tertiary/aromatic N) is 5. The zero-order valence-electron chi connectivity index (χ0n) is 15.4. The molecule has 0 radical (unpaired) electrons. The minimum Gasteiger partial charge on any atom is -0.394 e. The predicted molar refractivity (Wildman–Crippen MR) is 97.4 cm³/mol. The normalized spacial score (nSPS) is 14.6. The highest BCUT2D eigenvalue weighted by molar-refractivity contribution is 5.84. The van der Waals surface area contributed by atoms with Crippen LogP contribution in [0.25, 0.3) is 11.2 Å². The van der Waals surface area contributed by atoms with E-state index in [9.17, 15) is 4.39 Å². The average molecular weight is 356 g/mol. The van der Waals surface area contributed by atoms with E-state index in [-0.39, 0.29) is 12.7 Å². The van der Waals surface area contributed by atoms with Gasteiger partial charge in [0.15, 0.2) is 17.0 Å². The Bertz CT molecular complexity index is 621. The molecular weight excluding hydrogens is 327 g/mol. The number of fused-ring (bicyclic) bond motifs is 1. The number of aromatic nitrogens is 4. The van der Waals surface area contributed by atoms with Gasteiger partial charge in [0.2, 0.25) is 5.95 Å². The Hall–Kier alpha value is -2.00. The number of nitrogen functional groups attached to an aromatic ring is 1. The lowest BCUT2D eigenvalue weighted by atomic mass is 10.3. The number of aryl methyl sites for hydroxylation is 1. The van der Waals surface area contributed by atoms with Gasteiger partial charge in [0.05, 0.1) is 26.2 Å². The van der Waals surface area contributed by atoms with E-state index in [0.717, 1.165) is 36.5 Å². The summed E-state index contributed by atoms with van der Waals surface area (Å²) in [6.45, 7) is 4.17. The van der Waals surface area contributed by atoms with E-state index in [2.05, 4.69) is 19.9 Å². The second-order valence-corrected chi connectivity index (χ2v) is 5.58. The van der Waals surface area contributed by atoms with Crippen LogP contribution in [-0.4, -0.2) is 64.7 Å². The number of alkyl halides is 1. The van der Waals surface area contributed by atoms with E-state index in [1.165, 1.54) is 12.8 Å². The molecule has 0 spiro atoms. The summed E-state index contributed by atoms with van der Waals surface area (Å²) in [5.74, 6) is 1.19. The number of aliphatic hydroxyl groups is 1. The van der Waals surface area contributed by atoms with E-state index < -0.39 is 0 Å². The number of imidazole rings is 1. The molecule has 9 heteroatoms. The van der Waals surface area contributed by atoms with Gasteiger partial charge >= 0.3 is 0 Å². The third-order valence-electron chi connectivity index (χ3n) is 3.96. The van der Waals surface area contributed by atoms with E-state index in [1.54, 1.807) is 13.4 Å². The summed E-state index contributed by atoms with van der Waals surface area (Å²) in [5, 5.41) is 8.40. The van der Waals surface area contributed by atoms with Gasteiger partial charge in [0.25, 0.3) is 0 Å². The molecule has 3 heterocycles. The van der Waals surface area contributed by atoms with Gasteiger partial charge in [-0.15, -0.1) is 0 Å². The second kappa shape index (κ2) is 10.8. The number of rotatable bonds is 4. The summed E-state index contributed by atoms with van der Waals surface area (Å²) in [6.07, 6.45) is 5.09. The predicted octanol–water partition coefficient (Wildman–Crippen LogP) is 1.54. The minimum absolute atomic E-state index is 0.0417. The third kappa shape index (κ3) is 5.50. The summed E-state index contributed by atoms with van der Waals surface area (Å²) < 4.78 is 16.2. The van der Waals surface area contributed by atoms with Gasteiger partial charge in [-0.1, -0.05) is 6.92 Å². The SMILES string of the molecule is CCC(CO)OC.CF.Cn1cnc2c(N3CCCC3)nc(N)nc21. The summed E-state index contributed by atoms with van der Waals surface area (Å²) in [7, 11) is 4.01. The van der Waals surface area contributed by atoms with Crippen molar-refractivity contribution in [3.63, 3.8) is 0 Å². The van der Waals surface area contributed by atoms with E-state index in [4.69, 9.17) is 15.6 Å². The first-order chi connectivity index (χ1) is 12.1. The van der Waals surface area contributed by atoms with E-state index >= 15 is 0 Å². The first-order valence-electron chi connectivity index (χ1n) is 8.31. The van der Waals surface area contributed by atoms with Crippen LogP contribution in [0, 0.1) is 0 Å². The molecule has 1 saturated heterocycles. The molecule has 1 aliphatic heterocycles. The minimum atomic E-state index is 0.0417. The van der Waals surface area contributed by atoms with Gasteiger partial charge in [-0.05, 0) is 19.3 Å². The lowest BCUT2D eigenvalue weighted by Gasteiger charge is -2.16. The smallest absolute Gasteiger partial charge is 0.224 e. The molecule has 1 unspecified atom stereocenters. The molecule has 0 amide bonds. The molecule has 8 nitrogen and oxygen atoms in total. The van der Waals surface area contributed by atoms with Crippen LogP contribution in [0.3, 0.4) is 0 Å². The molecule has 0 aliphatic carbocycles. The molecule has 0 saturated carbocycles. The summed E-state index contributed by atoms with van der Waals surface area (Å²) in [5.41, 5.74) is 7.38. The van der Waals surface area contributed by atoms with Crippen molar-refractivity contribution in [2.45, 2.75) is 32.3 Å². The number of methoxy groups -OCH3 is 1. The van der Waals surface area contributed by atoms with E-state index in [1.807, 2.05) is 18.5 Å². The van der Waals surface area contributed by atoms with Crippen molar-refractivity contribution in [2.75, 3.05) is 44.6 Å². The number of halogens is 1. The highest BCUT2D eigenvalue weighted by atomic mass is 19.1. The zero-order valence-corrected chi connectivity index (χ0v) is 15.4. The Labute approximate surface area is 147 Å². The van der Waals surface area contributed by atoms with Crippen molar-refractivity contribution < 1.29 is 14.2 Å². The lowest BCUT2D eigenvalue weighted by Crippen LogP contribution is -2.20. The van der Waals surface area contributed by atoms with E-state index in [0.29, 0.717) is 13.1 Å². The maximum absolute atomic E-state index is 9.50. The van der Waals surface area contributed by atoms with Crippen molar-refractivity contribution in [2.24, 2.45) is 7.05 Å². The number of ether oxygens (including phenoxy) is 1. The van der Waals surface area contributed by atoms with Crippen LogP contribution in [0.15, 0.2) is 6.33 Å². The number of anilines is 2. The average Bonchev–Trinajstić information content (AvgIpc) is 3.29. The molecule has 142 valence electrons. The van der Waals surface area contributed by atoms with Crippen LogP contribution >= 0.6 is 0 Å². The first-order valence-corrected chi connectivity index (χ1v) is 8.31. The van der Waals surface area contributed by atoms with Crippen LogP contribution in [0.2, 0.25) is 0 Å². The van der Waals surface area contributed by atoms with Crippen LogP contribution < -0.4 is 10.6 Å². The molecular formula is C16H29FN6O2. The van der Waals surface area contributed by atoms with Gasteiger partial charge < -0.3 is 25.0 Å². The van der Waals surface area contributed by atoms with Crippen LogP contribution in [0.1, 0.15) is 26.2 Å². The monoisotopic (exact) mass is 356 g/mol. The fourth-order valence-corrected chi connectivity index (χ4v) is 2.53. The molecule has 3 N–H and O–H groups in total. The van der Waals surface area contributed by atoms with Crippen molar-refractivity contribution in [1.29, 1.82) is 0 Å². The maximum atomic E-state index is 9.50. The molecule has 0 bridgehead atoms. The molecule has 25 heavy (non-hydrogen) atoms. The number of nitrogens with two attached hydrogens (primary N) is 1. The highest BCUT2D eigenvalue weighted by Crippen LogP contribution is 2.25. The second-order valence-electron chi connectivity index (χ2n) is 5.58. The van der Waals surface area contributed by atoms with Gasteiger partial charge in [0.1, 0.15) is 0 Å². The molecule has 0 aromatic carbocycles. The number of aliphatic hydroxyl groups excluding tert-OH is 1. The van der Waals surface area contributed by atoms with Crippen molar-refractivity contribution in [1.82, 2.24) is 19.5 Å². The Balaban J connectivity index is 0.000000297. The molecule has 1 fully saturated rings. The van der Waals surface area contributed by atoms with Crippen LogP contribution in [-0.2, 0) is 11.8 Å². The lowest BCUT2D eigenvalue weighted by molar-refractivity contribution is 0.0467.